The summed E-state index contributed by atoms with van der Waals surface area (Å²) >= 11 is 0. The van der Waals surface area contributed by atoms with Gasteiger partial charge in [-0.1, -0.05) is 12.1 Å². The number of aliphatic carboxylic acids is 1. The lowest BCUT2D eigenvalue weighted by Crippen LogP contribution is -2.40. The first-order valence-electron chi connectivity index (χ1n) is 6.48. The third-order valence-electron chi connectivity index (χ3n) is 3.53. The van der Waals surface area contributed by atoms with Gasteiger partial charge in [0.1, 0.15) is 5.82 Å². The molecule has 1 aliphatic rings. The van der Waals surface area contributed by atoms with Gasteiger partial charge in [-0.2, -0.15) is 0 Å². The van der Waals surface area contributed by atoms with Gasteiger partial charge in [0, 0.05) is 13.1 Å². The molecule has 0 radical (unpaired) electrons. The normalized spacial score (nSPS) is 18.9. The number of hydrogen-bond donors (Lipinski definition) is 1. The van der Waals surface area contributed by atoms with Crippen molar-refractivity contribution in [3.05, 3.63) is 30.1 Å². The molecule has 1 heterocycles. The summed E-state index contributed by atoms with van der Waals surface area (Å²) in [6, 6.07) is 5.79. The number of carboxylic acid groups (broad SMARTS) is 1. The highest BCUT2D eigenvalue weighted by molar-refractivity contribution is 5.99. The molecule has 1 N–H and O–H groups in total. The first-order valence-corrected chi connectivity index (χ1v) is 6.48. The molecule has 0 spiro atoms. The Bertz CT molecular complexity index is 521. The second-order valence-electron chi connectivity index (χ2n) is 4.87. The average Bonchev–Trinajstić information content (AvgIpc) is 2.78. The molecule has 1 aromatic rings. The smallest absolute Gasteiger partial charge is 0.304 e. The molecule has 1 unspecified atom stereocenters. The SMILES string of the molecule is CN(CCC(=O)O)C1CCN(c2ccccc2F)C1=O. The van der Waals surface area contributed by atoms with E-state index in [4.69, 9.17) is 5.11 Å². The molecule has 108 valence electrons. The molecule has 0 bridgehead atoms. The van der Waals surface area contributed by atoms with Gasteiger partial charge in [-0.3, -0.25) is 14.5 Å². The van der Waals surface area contributed by atoms with Crippen LogP contribution in [0.5, 0.6) is 0 Å². The quantitative estimate of drug-likeness (QED) is 0.884. The summed E-state index contributed by atoms with van der Waals surface area (Å²) in [5.74, 6) is -1.49. The predicted molar refractivity (Wildman–Crippen MR) is 72.0 cm³/mol. The number of carbonyl (C=O) groups excluding carboxylic acids is 1. The fourth-order valence-electron chi connectivity index (χ4n) is 2.41. The molecule has 1 atom stereocenters. The molecular formula is C14H17FN2O3. The minimum Gasteiger partial charge on any atom is -0.481 e. The van der Waals surface area contributed by atoms with Gasteiger partial charge in [0.05, 0.1) is 18.2 Å². The first-order chi connectivity index (χ1) is 9.50. The molecule has 2 rings (SSSR count). The summed E-state index contributed by atoms with van der Waals surface area (Å²) in [5.41, 5.74) is 0.284. The number of para-hydroxylation sites is 1. The Labute approximate surface area is 116 Å². The monoisotopic (exact) mass is 280 g/mol. The third kappa shape index (κ3) is 2.96. The van der Waals surface area contributed by atoms with Gasteiger partial charge in [-0.25, -0.2) is 4.39 Å². The Morgan fingerprint density at radius 1 is 1.50 bits per heavy atom. The van der Waals surface area contributed by atoms with Crippen molar-refractivity contribution in [1.29, 1.82) is 0 Å². The maximum atomic E-state index is 13.7. The van der Waals surface area contributed by atoms with Gasteiger partial charge in [-0.05, 0) is 25.6 Å². The van der Waals surface area contributed by atoms with Crippen LogP contribution in [0.25, 0.3) is 0 Å². The van der Waals surface area contributed by atoms with E-state index in [-0.39, 0.29) is 24.1 Å². The zero-order valence-electron chi connectivity index (χ0n) is 11.3. The van der Waals surface area contributed by atoms with Crippen LogP contribution in [-0.2, 0) is 9.59 Å². The van der Waals surface area contributed by atoms with Crippen LogP contribution in [0.2, 0.25) is 0 Å². The van der Waals surface area contributed by atoms with Crippen LogP contribution >= 0.6 is 0 Å². The molecule has 0 saturated carbocycles. The zero-order chi connectivity index (χ0) is 14.7. The van der Waals surface area contributed by atoms with Gasteiger partial charge in [-0.15, -0.1) is 0 Å². The van der Waals surface area contributed by atoms with Crippen molar-refractivity contribution in [1.82, 2.24) is 4.90 Å². The van der Waals surface area contributed by atoms with E-state index in [9.17, 15) is 14.0 Å². The van der Waals surface area contributed by atoms with E-state index in [1.807, 2.05) is 0 Å². The number of amides is 1. The van der Waals surface area contributed by atoms with E-state index >= 15 is 0 Å². The van der Waals surface area contributed by atoms with E-state index in [1.165, 1.54) is 11.0 Å². The summed E-state index contributed by atoms with van der Waals surface area (Å²) in [6.07, 6.45) is 0.559. The van der Waals surface area contributed by atoms with Crippen molar-refractivity contribution < 1.29 is 19.1 Å². The van der Waals surface area contributed by atoms with Crippen molar-refractivity contribution in [2.45, 2.75) is 18.9 Å². The summed E-state index contributed by atoms with van der Waals surface area (Å²) < 4.78 is 13.7. The molecule has 1 saturated heterocycles. The molecule has 1 fully saturated rings. The van der Waals surface area contributed by atoms with Crippen LogP contribution in [0.15, 0.2) is 24.3 Å². The van der Waals surface area contributed by atoms with E-state index in [2.05, 4.69) is 0 Å². The van der Waals surface area contributed by atoms with Crippen LogP contribution in [0.3, 0.4) is 0 Å². The highest BCUT2D eigenvalue weighted by Gasteiger charge is 2.36. The van der Waals surface area contributed by atoms with Crippen molar-refractivity contribution in [2.75, 3.05) is 25.0 Å². The second kappa shape index (κ2) is 6.00. The number of likely N-dealkylation sites (N-methyl/N-ethyl adjacent to an activating group) is 1. The minimum absolute atomic E-state index is 0.0139. The summed E-state index contributed by atoms with van der Waals surface area (Å²) in [5, 5.41) is 8.67. The lowest BCUT2D eigenvalue weighted by atomic mass is 10.2. The van der Waals surface area contributed by atoms with Crippen molar-refractivity contribution in [2.24, 2.45) is 0 Å². The fourth-order valence-corrected chi connectivity index (χ4v) is 2.41. The van der Waals surface area contributed by atoms with E-state index in [0.717, 1.165) is 0 Å². The van der Waals surface area contributed by atoms with E-state index in [0.29, 0.717) is 19.5 Å². The predicted octanol–water partition coefficient (Wildman–Crippen LogP) is 1.34. The zero-order valence-corrected chi connectivity index (χ0v) is 11.3. The number of carbonyl (C=O) groups is 2. The Kier molecular flexibility index (Phi) is 4.34. The van der Waals surface area contributed by atoms with Crippen LogP contribution in [0, 0.1) is 5.82 Å². The lowest BCUT2D eigenvalue weighted by molar-refractivity contribution is -0.137. The number of benzene rings is 1. The van der Waals surface area contributed by atoms with Gasteiger partial charge in [0.25, 0.3) is 0 Å². The minimum atomic E-state index is -0.895. The average molecular weight is 280 g/mol. The Hall–Kier alpha value is -1.95. The summed E-state index contributed by atoms with van der Waals surface area (Å²) in [6.45, 7) is 0.749. The van der Waals surface area contributed by atoms with E-state index < -0.39 is 11.8 Å². The maximum absolute atomic E-state index is 13.7. The number of halogens is 1. The highest BCUT2D eigenvalue weighted by Crippen LogP contribution is 2.26. The molecular weight excluding hydrogens is 263 g/mol. The molecule has 5 nitrogen and oxygen atoms in total. The molecule has 6 heteroatoms. The molecule has 20 heavy (non-hydrogen) atoms. The van der Waals surface area contributed by atoms with Gasteiger partial charge < -0.3 is 10.0 Å². The fraction of sp³-hybridized carbons (Fsp3) is 0.429. The number of carboxylic acids is 1. The second-order valence-corrected chi connectivity index (χ2v) is 4.87. The summed E-state index contributed by atoms with van der Waals surface area (Å²) in [4.78, 5) is 26.0. The van der Waals surface area contributed by atoms with Gasteiger partial charge >= 0.3 is 5.97 Å². The van der Waals surface area contributed by atoms with Gasteiger partial charge in [0.15, 0.2) is 0 Å². The van der Waals surface area contributed by atoms with Crippen molar-refractivity contribution >= 4 is 17.6 Å². The molecule has 1 aromatic carbocycles. The molecule has 0 aliphatic carbocycles. The Morgan fingerprint density at radius 3 is 2.85 bits per heavy atom. The number of anilines is 1. The Balaban J connectivity index is 2.06. The largest absolute Gasteiger partial charge is 0.481 e. The molecule has 0 aromatic heterocycles. The number of hydrogen-bond acceptors (Lipinski definition) is 3. The van der Waals surface area contributed by atoms with Crippen LogP contribution in [-0.4, -0.2) is 48.1 Å². The van der Waals surface area contributed by atoms with Crippen molar-refractivity contribution in [3.8, 4) is 0 Å². The Morgan fingerprint density at radius 2 is 2.20 bits per heavy atom. The number of nitrogens with zero attached hydrogens (tertiary/aromatic N) is 2. The molecule has 1 aliphatic heterocycles. The van der Waals surface area contributed by atoms with Crippen LogP contribution in [0.4, 0.5) is 10.1 Å². The topological polar surface area (TPSA) is 60.9 Å². The maximum Gasteiger partial charge on any atom is 0.304 e. The van der Waals surface area contributed by atoms with Gasteiger partial charge in [0.2, 0.25) is 5.91 Å². The molecule has 1 amide bonds. The standard InChI is InChI=1S/C14H17FN2O3/c1-16(8-7-13(18)19)12-6-9-17(14(12)20)11-5-3-2-4-10(11)15/h2-5,12H,6-9H2,1H3,(H,18,19). The highest BCUT2D eigenvalue weighted by atomic mass is 19.1. The van der Waals surface area contributed by atoms with E-state index in [1.54, 1.807) is 30.1 Å². The lowest BCUT2D eigenvalue weighted by Gasteiger charge is -2.23. The van der Waals surface area contributed by atoms with Crippen LogP contribution in [0.1, 0.15) is 12.8 Å². The van der Waals surface area contributed by atoms with Crippen molar-refractivity contribution in [3.63, 3.8) is 0 Å². The third-order valence-corrected chi connectivity index (χ3v) is 3.53. The van der Waals surface area contributed by atoms with Crippen LogP contribution < -0.4 is 4.90 Å². The first kappa shape index (κ1) is 14.5. The number of rotatable bonds is 5. The summed E-state index contributed by atoms with van der Waals surface area (Å²) in [7, 11) is 1.72.